The van der Waals surface area contributed by atoms with Crippen molar-refractivity contribution >= 4 is 21.8 Å². The molecule has 22 heavy (non-hydrogen) atoms. The first-order chi connectivity index (χ1) is 10.2. The zero-order valence-corrected chi connectivity index (χ0v) is 14.2. The highest BCUT2D eigenvalue weighted by Crippen LogP contribution is 2.26. The molecule has 1 heterocycles. The summed E-state index contributed by atoms with van der Waals surface area (Å²) in [5.41, 5.74) is 6.02. The van der Waals surface area contributed by atoms with Gasteiger partial charge in [-0.15, -0.1) is 0 Å². The molecule has 1 saturated heterocycles. The number of halogens is 2. The molecule has 0 spiro atoms. The maximum Gasteiger partial charge on any atom is 0.282 e. The number of hydrogen-bond donors (Lipinski definition) is 1. The van der Waals surface area contributed by atoms with Gasteiger partial charge >= 0.3 is 0 Å². The average Bonchev–Trinajstić information content (AvgIpc) is 2.93. The van der Waals surface area contributed by atoms with Gasteiger partial charge in [0.2, 0.25) is 0 Å². The number of rotatable bonds is 5. The Labute approximate surface area is 136 Å². The summed E-state index contributed by atoms with van der Waals surface area (Å²) >= 11 is 5.96. The minimum atomic E-state index is -3.65. The van der Waals surface area contributed by atoms with E-state index in [1.54, 1.807) is 6.07 Å². The summed E-state index contributed by atoms with van der Waals surface area (Å²) in [6.07, 6.45) is 0.741. The topological polar surface area (TPSA) is 66.6 Å². The molecule has 2 unspecified atom stereocenters. The van der Waals surface area contributed by atoms with Crippen LogP contribution in [0.3, 0.4) is 0 Å². The smallest absolute Gasteiger partial charge is 0.282 e. The van der Waals surface area contributed by atoms with Crippen LogP contribution in [0.1, 0.15) is 18.9 Å². The number of hydrogen-bond acceptors (Lipinski definition) is 3. The van der Waals surface area contributed by atoms with Crippen molar-refractivity contribution < 1.29 is 12.8 Å². The molecule has 1 aliphatic heterocycles. The van der Waals surface area contributed by atoms with E-state index in [1.165, 1.54) is 23.5 Å². The molecule has 2 rings (SSSR count). The van der Waals surface area contributed by atoms with E-state index in [2.05, 4.69) is 0 Å². The fraction of sp³-hybridized carbons (Fsp3) is 0.571. The van der Waals surface area contributed by atoms with Crippen LogP contribution in [-0.2, 0) is 16.8 Å². The summed E-state index contributed by atoms with van der Waals surface area (Å²) < 4.78 is 41.5. The standard InChI is InChI=1S/C14H21ClFN3O2S/c1-10(17)11-6-7-19(8-11)22(20,21)18(2)9-12-13(15)4-3-5-14(12)16/h3-5,10-11H,6-9,17H2,1-2H3. The van der Waals surface area contributed by atoms with Crippen molar-refractivity contribution in [1.29, 1.82) is 0 Å². The fourth-order valence-electron chi connectivity index (χ4n) is 2.58. The molecular weight excluding hydrogens is 329 g/mol. The molecule has 0 amide bonds. The number of nitrogens with zero attached hydrogens (tertiary/aromatic N) is 2. The molecule has 0 saturated carbocycles. The van der Waals surface area contributed by atoms with E-state index >= 15 is 0 Å². The third-order valence-electron chi connectivity index (χ3n) is 4.09. The highest BCUT2D eigenvalue weighted by molar-refractivity contribution is 7.86. The second-order valence-corrected chi connectivity index (χ2v) is 8.17. The first-order valence-corrected chi connectivity index (χ1v) is 8.91. The Hall–Kier alpha value is -0.730. The van der Waals surface area contributed by atoms with Gasteiger partial charge in [0, 0.05) is 43.3 Å². The van der Waals surface area contributed by atoms with Gasteiger partial charge in [0.05, 0.1) is 0 Å². The first-order valence-electron chi connectivity index (χ1n) is 7.13. The van der Waals surface area contributed by atoms with Crippen LogP contribution in [0.2, 0.25) is 5.02 Å². The second kappa shape index (κ2) is 6.80. The average molecular weight is 350 g/mol. The lowest BCUT2D eigenvalue weighted by molar-refractivity contribution is 0.374. The van der Waals surface area contributed by atoms with Crippen molar-refractivity contribution in [2.45, 2.75) is 25.9 Å². The van der Waals surface area contributed by atoms with Crippen molar-refractivity contribution in [2.75, 3.05) is 20.1 Å². The molecule has 0 radical (unpaired) electrons. The van der Waals surface area contributed by atoms with Gasteiger partial charge in [0.15, 0.2) is 0 Å². The lowest BCUT2D eigenvalue weighted by Gasteiger charge is -2.25. The molecule has 2 atom stereocenters. The first kappa shape index (κ1) is 17.6. The summed E-state index contributed by atoms with van der Waals surface area (Å²) in [5.74, 6) is -0.357. The van der Waals surface area contributed by atoms with Gasteiger partial charge < -0.3 is 5.73 Å². The Morgan fingerprint density at radius 3 is 2.77 bits per heavy atom. The van der Waals surface area contributed by atoms with E-state index in [-0.39, 0.29) is 29.1 Å². The molecule has 5 nitrogen and oxygen atoms in total. The van der Waals surface area contributed by atoms with Crippen molar-refractivity contribution in [3.8, 4) is 0 Å². The maximum absolute atomic E-state index is 13.8. The normalized spacial score (nSPS) is 21.5. The van der Waals surface area contributed by atoms with Crippen molar-refractivity contribution in [2.24, 2.45) is 11.7 Å². The van der Waals surface area contributed by atoms with Gasteiger partial charge in [-0.05, 0) is 31.4 Å². The summed E-state index contributed by atoms with van der Waals surface area (Å²) in [6.45, 7) is 2.61. The van der Waals surface area contributed by atoms with Crippen LogP contribution < -0.4 is 5.73 Å². The lowest BCUT2D eigenvalue weighted by atomic mass is 10.0. The Kier molecular flexibility index (Phi) is 5.45. The third-order valence-corrected chi connectivity index (χ3v) is 6.35. The van der Waals surface area contributed by atoms with Gasteiger partial charge in [-0.1, -0.05) is 17.7 Å². The second-order valence-electron chi connectivity index (χ2n) is 5.73. The van der Waals surface area contributed by atoms with Gasteiger partial charge in [0.25, 0.3) is 10.2 Å². The van der Waals surface area contributed by atoms with Crippen LogP contribution in [0.5, 0.6) is 0 Å². The van der Waals surface area contributed by atoms with Crippen LogP contribution in [0.25, 0.3) is 0 Å². The highest BCUT2D eigenvalue weighted by atomic mass is 35.5. The highest BCUT2D eigenvalue weighted by Gasteiger charge is 2.35. The molecule has 0 aliphatic carbocycles. The van der Waals surface area contributed by atoms with Gasteiger partial charge in [-0.25, -0.2) is 4.39 Å². The third kappa shape index (κ3) is 3.60. The molecule has 124 valence electrons. The molecule has 0 aromatic heterocycles. The molecule has 2 N–H and O–H groups in total. The van der Waals surface area contributed by atoms with Crippen LogP contribution in [-0.4, -0.2) is 43.2 Å². The van der Waals surface area contributed by atoms with E-state index in [1.807, 2.05) is 6.92 Å². The molecule has 1 aromatic carbocycles. The van der Waals surface area contributed by atoms with E-state index in [9.17, 15) is 12.8 Å². The van der Waals surface area contributed by atoms with E-state index in [0.717, 1.165) is 10.7 Å². The van der Waals surface area contributed by atoms with Gasteiger partial charge in [-0.2, -0.15) is 17.0 Å². The molecule has 1 aliphatic rings. The molecule has 1 aromatic rings. The van der Waals surface area contributed by atoms with E-state index in [4.69, 9.17) is 17.3 Å². The SMILES string of the molecule is CC(N)C1CCN(S(=O)(=O)N(C)Cc2c(F)cccc2Cl)C1. The number of nitrogens with two attached hydrogens (primary N) is 1. The Balaban J connectivity index is 2.13. The fourth-order valence-corrected chi connectivity index (χ4v) is 4.20. The van der Waals surface area contributed by atoms with Crippen LogP contribution in [0.4, 0.5) is 4.39 Å². The van der Waals surface area contributed by atoms with Gasteiger partial charge in [-0.3, -0.25) is 0 Å². The van der Waals surface area contributed by atoms with Crippen molar-refractivity contribution in [3.63, 3.8) is 0 Å². The van der Waals surface area contributed by atoms with Crippen LogP contribution >= 0.6 is 11.6 Å². The minimum Gasteiger partial charge on any atom is -0.328 e. The van der Waals surface area contributed by atoms with E-state index < -0.39 is 16.0 Å². The number of benzene rings is 1. The minimum absolute atomic E-state index is 0.0495. The summed E-state index contributed by atoms with van der Waals surface area (Å²) in [4.78, 5) is 0. The Morgan fingerprint density at radius 1 is 1.55 bits per heavy atom. The monoisotopic (exact) mass is 349 g/mol. The zero-order valence-electron chi connectivity index (χ0n) is 12.7. The van der Waals surface area contributed by atoms with Crippen LogP contribution in [0.15, 0.2) is 18.2 Å². The quantitative estimate of drug-likeness (QED) is 0.881. The molecule has 8 heteroatoms. The van der Waals surface area contributed by atoms with Crippen molar-refractivity contribution in [3.05, 3.63) is 34.6 Å². The Morgan fingerprint density at radius 2 is 2.23 bits per heavy atom. The predicted molar refractivity (Wildman–Crippen MR) is 85.1 cm³/mol. The lowest BCUT2D eigenvalue weighted by Crippen LogP contribution is -2.41. The zero-order chi connectivity index (χ0) is 16.5. The largest absolute Gasteiger partial charge is 0.328 e. The summed E-state index contributed by atoms with van der Waals surface area (Å²) in [7, 11) is -2.22. The Bertz CT molecular complexity index is 619. The molecule has 0 bridgehead atoms. The predicted octanol–water partition coefficient (Wildman–Crippen LogP) is 1.82. The van der Waals surface area contributed by atoms with Gasteiger partial charge in [0.1, 0.15) is 5.82 Å². The molecular formula is C14H21ClFN3O2S. The van der Waals surface area contributed by atoms with Crippen LogP contribution in [0, 0.1) is 11.7 Å². The summed E-state index contributed by atoms with van der Waals surface area (Å²) in [5, 5.41) is 0.219. The maximum atomic E-state index is 13.8. The van der Waals surface area contributed by atoms with E-state index in [0.29, 0.717) is 13.1 Å². The summed E-state index contributed by atoms with van der Waals surface area (Å²) in [6, 6.07) is 4.25. The van der Waals surface area contributed by atoms with Crippen molar-refractivity contribution in [1.82, 2.24) is 8.61 Å². The molecule has 1 fully saturated rings.